The number of nitrogens with one attached hydrogen (secondary N) is 1. The number of benzene rings is 2. The number of amides is 1. The summed E-state index contributed by atoms with van der Waals surface area (Å²) in [5.41, 5.74) is 1.87. The molecule has 3 rings (SSSR count). The lowest BCUT2D eigenvalue weighted by Crippen LogP contribution is -2.26. The number of halogens is 1. The fraction of sp³-hybridized carbons (Fsp3) is 0.176. The van der Waals surface area contributed by atoms with E-state index in [-0.39, 0.29) is 17.8 Å². The molecule has 1 amide bonds. The third-order valence-electron chi connectivity index (χ3n) is 3.41. The molecule has 0 aliphatic carbocycles. The monoisotopic (exact) mass is 347 g/mol. The molecule has 0 saturated carbocycles. The van der Waals surface area contributed by atoms with Crippen molar-refractivity contribution >= 4 is 40.9 Å². The first kappa shape index (κ1) is 15.9. The van der Waals surface area contributed by atoms with E-state index < -0.39 is 5.97 Å². The van der Waals surface area contributed by atoms with Crippen molar-refractivity contribution in [2.75, 3.05) is 5.32 Å². The van der Waals surface area contributed by atoms with Crippen molar-refractivity contribution in [1.29, 1.82) is 0 Å². The van der Waals surface area contributed by atoms with Crippen LogP contribution in [-0.4, -0.2) is 17.1 Å². The van der Waals surface area contributed by atoms with Gasteiger partial charge in [-0.25, -0.2) is 4.79 Å². The second-order valence-electron chi connectivity index (χ2n) is 5.17. The number of carbonyl (C=O) groups is 2. The third-order valence-corrected chi connectivity index (χ3v) is 4.82. The predicted molar refractivity (Wildman–Crippen MR) is 91.0 cm³/mol. The molecule has 1 N–H and O–H groups in total. The van der Waals surface area contributed by atoms with Crippen LogP contribution in [0, 0.1) is 0 Å². The number of thioether (sulfide) groups is 1. The van der Waals surface area contributed by atoms with Crippen molar-refractivity contribution in [3.8, 4) is 0 Å². The Hall–Kier alpha value is -1.98. The fourth-order valence-electron chi connectivity index (χ4n) is 2.19. The molecule has 2 aromatic carbocycles. The number of fused-ring (bicyclic) bond motifs is 1. The molecule has 0 fully saturated rings. The van der Waals surface area contributed by atoms with Crippen LogP contribution in [0.25, 0.3) is 0 Å². The highest BCUT2D eigenvalue weighted by atomic mass is 35.5. The van der Waals surface area contributed by atoms with Gasteiger partial charge in [-0.2, -0.15) is 0 Å². The minimum absolute atomic E-state index is 0.0630. The Morgan fingerprint density at radius 1 is 1.30 bits per heavy atom. The fourth-order valence-corrected chi connectivity index (χ4v) is 3.34. The number of carbonyl (C=O) groups excluding carboxylic acids is 2. The van der Waals surface area contributed by atoms with E-state index in [4.69, 9.17) is 16.3 Å². The van der Waals surface area contributed by atoms with Crippen molar-refractivity contribution in [3.63, 3.8) is 0 Å². The van der Waals surface area contributed by atoms with Gasteiger partial charge in [-0.05, 0) is 42.8 Å². The second kappa shape index (κ2) is 6.64. The van der Waals surface area contributed by atoms with Crippen LogP contribution in [-0.2, 0) is 16.1 Å². The summed E-state index contributed by atoms with van der Waals surface area (Å²) in [6.07, 6.45) is 0. The van der Waals surface area contributed by atoms with Gasteiger partial charge in [-0.3, -0.25) is 4.79 Å². The average molecular weight is 348 g/mol. The largest absolute Gasteiger partial charge is 0.457 e. The minimum Gasteiger partial charge on any atom is -0.457 e. The van der Waals surface area contributed by atoms with Crippen LogP contribution < -0.4 is 5.32 Å². The Balaban J connectivity index is 1.71. The average Bonchev–Trinajstić information content (AvgIpc) is 2.53. The van der Waals surface area contributed by atoms with Gasteiger partial charge in [0.25, 0.3) is 0 Å². The highest BCUT2D eigenvalue weighted by Gasteiger charge is 2.24. The number of ether oxygens (including phenoxy) is 1. The van der Waals surface area contributed by atoms with E-state index in [9.17, 15) is 9.59 Å². The van der Waals surface area contributed by atoms with Gasteiger partial charge < -0.3 is 10.1 Å². The zero-order valence-corrected chi connectivity index (χ0v) is 13.9. The van der Waals surface area contributed by atoms with Gasteiger partial charge in [0.15, 0.2) is 0 Å². The standard InChI is InChI=1S/C17H14ClNO3S/c1-10-16(20)19-14-8-12(5-6-15(14)23-10)17(21)22-9-11-3-2-4-13(18)7-11/h2-8,10H,9H2,1H3,(H,19,20). The molecule has 1 aliphatic heterocycles. The quantitative estimate of drug-likeness (QED) is 0.848. The molecule has 1 heterocycles. The number of hydrogen-bond donors (Lipinski definition) is 1. The third kappa shape index (κ3) is 3.68. The Morgan fingerprint density at radius 2 is 2.13 bits per heavy atom. The minimum atomic E-state index is -0.439. The molecule has 0 saturated heterocycles. The topological polar surface area (TPSA) is 55.4 Å². The Labute approximate surface area is 143 Å². The maximum Gasteiger partial charge on any atom is 0.338 e. The lowest BCUT2D eigenvalue weighted by molar-refractivity contribution is -0.115. The number of esters is 1. The van der Waals surface area contributed by atoms with E-state index in [0.29, 0.717) is 16.3 Å². The summed E-state index contributed by atoms with van der Waals surface area (Å²) in [5.74, 6) is -0.502. The molecule has 0 aromatic heterocycles. The molecule has 1 unspecified atom stereocenters. The van der Waals surface area contributed by atoms with E-state index in [0.717, 1.165) is 10.5 Å². The first-order valence-corrected chi connectivity index (χ1v) is 8.32. The van der Waals surface area contributed by atoms with Gasteiger partial charge in [-0.1, -0.05) is 23.7 Å². The van der Waals surface area contributed by atoms with Crippen LogP contribution in [0.15, 0.2) is 47.4 Å². The lowest BCUT2D eigenvalue weighted by atomic mass is 10.2. The van der Waals surface area contributed by atoms with Crippen LogP contribution in [0.5, 0.6) is 0 Å². The van der Waals surface area contributed by atoms with E-state index in [1.165, 1.54) is 11.8 Å². The summed E-state index contributed by atoms with van der Waals surface area (Å²) >= 11 is 7.37. The van der Waals surface area contributed by atoms with Crippen molar-refractivity contribution in [2.24, 2.45) is 0 Å². The molecule has 118 valence electrons. The van der Waals surface area contributed by atoms with Gasteiger partial charge >= 0.3 is 5.97 Å². The van der Waals surface area contributed by atoms with E-state index >= 15 is 0 Å². The molecule has 2 aromatic rings. The van der Waals surface area contributed by atoms with Gasteiger partial charge in [-0.15, -0.1) is 11.8 Å². The van der Waals surface area contributed by atoms with Crippen LogP contribution in [0.2, 0.25) is 5.02 Å². The van der Waals surface area contributed by atoms with Crippen LogP contribution >= 0.6 is 23.4 Å². The molecule has 0 bridgehead atoms. The highest BCUT2D eigenvalue weighted by molar-refractivity contribution is 8.00. The van der Waals surface area contributed by atoms with Gasteiger partial charge in [0.2, 0.25) is 5.91 Å². The predicted octanol–water partition coefficient (Wildman–Crippen LogP) is 4.13. The summed E-state index contributed by atoms with van der Waals surface area (Å²) in [6, 6.07) is 12.3. The van der Waals surface area contributed by atoms with E-state index in [2.05, 4.69) is 5.32 Å². The molecular weight excluding hydrogens is 334 g/mol. The Kier molecular flexibility index (Phi) is 4.59. The maximum absolute atomic E-state index is 12.2. The second-order valence-corrected chi connectivity index (χ2v) is 6.99. The summed E-state index contributed by atoms with van der Waals surface area (Å²) in [7, 11) is 0. The molecular formula is C17H14ClNO3S. The van der Waals surface area contributed by atoms with Crippen molar-refractivity contribution in [2.45, 2.75) is 23.7 Å². The molecule has 23 heavy (non-hydrogen) atoms. The maximum atomic E-state index is 12.2. The van der Waals surface area contributed by atoms with E-state index in [1.807, 2.05) is 19.1 Å². The van der Waals surface area contributed by atoms with Crippen molar-refractivity contribution < 1.29 is 14.3 Å². The van der Waals surface area contributed by atoms with E-state index in [1.54, 1.807) is 30.3 Å². The van der Waals surface area contributed by atoms with Gasteiger partial charge in [0.05, 0.1) is 16.5 Å². The molecule has 4 nitrogen and oxygen atoms in total. The SMILES string of the molecule is CC1Sc2ccc(C(=O)OCc3cccc(Cl)c3)cc2NC1=O. The summed E-state index contributed by atoms with van der Waals surface area (Å²) in [6.45, 7) is 1.99. The molecule has 1 atom stereocenters. The normalized spacial score (nSPS) is 16.4. The van der Waals surface area contributed by atoms with Crippen LogP contribution in [0.1, 0.15) is 22.8 Å². The number of anilines is 1. The van der Waals surface area contributed by atoms with Crippen molar-refractivity contribution in [1.82, 2.24) is 0 Å². The number of hydrogen-bond acceptors (Lipinski definition) is 4. The van der Waals surface area contributed by atoms with Crippen LogP contribution in [0.3, 0.4) is 0 Å². The van der Waals surface area contributed by atoms with Gasteiger partial charge in [0, 0.05) is 9.92 Å². The highest BCUT2D eigenvalue weighted by Crippen LogP contribution is 2.36. The first-order valence-electron chi connectivity index (χ1n) is 7.06. The smallest absolute Gasteiger partial charge is 0.338 e. The molecule has 0 spiro atoms. The van der Waals surface area contributed by atoms with Crippen molar-refractivity contribution in [3.05, 3.63) is 58.6 Å². The Morgan fingerprint density at radius 3 is 2.91 bits per heavy atom. The summed E-state index contributed by atoms with van der Waals surface area (Å²) in [5, 5.41) is 3.26. The van der Waals surface area contributed by atoms with Gasteiger partial charge in [0.1, 0.15) is 6.61 Å². The van der Waals surface area contributed by atoms with Crippen LogP contribution in [0.4, 0.5) is 5.69 Å². The molecule has 0 radical (unpaired) electrons. The Bertz CT molecular complexity index is 778. The zero-order chi connectivity index (χ0) is 16.4. The zero-order valence-electron chi connectivity index (χ0n) is 12.3. The number of rotatable bonds is 3. The first-order chi connectivity index (χ1) is 11.0. The lowest BCUT2D eigenvalue weighted by Gasteiger charge is -2.21. The summed E-state index contributed by atoms with van der Waals surface area (Å²) < 4.78 is 5.29. The summed E-state index contributed by atoms with van der Waals surface area (Å²) in [4.78, 5) is 24.8. The molecule has 6 heteroatoms. The molecule has 1 aliphatic rings.